The molecule has 14 heteroatoms. The van der Waals surface area contributed by atoms with Crippen LogP contribution in [0.4, 0.5) is 32.4 Å². The van der Waals surface area contributed by atoms with Gasteiger partial charge in [-0.3, -0.25) is 0 Å². The summed E-state index contributed by atoms with van der Waals surface area (Å²) >= 11 is 0. The van der Waals surface area contributed by atoms with Crippen LogP contribution in [0.2, 0.25) is 0 Å². The van der Waals surface area contributed by atoms with Crippen molar-refractivity contribution >= 4 is 11.5 Å². The maximum Gasteiger partial charge on any atom is 0.470 e. The molecule has 0 saturated carbocycles. The highest BCUT2D eigenvalue weighted by molar-refractivity contribution is 5.58. The summed E-state index contributed by atoms with van der Waals surface area (Å²) in [5.74, 6) is -1.52. The van der Waals surface area contributed by atoms with Crippen LogP contribution in [0.15, 0.2) is 35.1 Å². The molecule has 1 N–H and O–H groups in total. The molecule has 1 atom stereocenters. The molecule has 0 unspecified atom stereocenters. The Morgan fingerprint density at radius 2 is 1.90 bits per heavy atom. The van der Waals surface area contributed by atoms with Crippen LogP contribution in [-0.2, 0) is 18.8 Å². The summed E-state index contributed by atoms with van der Waals surface area (Å²) < 4.78 is 84.8. The Kier molecular flexibility index (Phi) is 4.04. The van der Waals surface area contributed by atoms with Crippen molar-refractivity contribution < 1.29 is 30.8 Å². The largest absolute Gasteiger partial charge is 0.470 e. The second-order valence-electron chi connectivity index (χ2n) is 6.82. The molecule has 0 bridgehead atoms. The third-order valence-corrected chi connectivity index (χ3v) is 4.93. The molecule has 4 aromatic rings. The second-order valence-corrected chi connectivity index (χ2v) is 6.82. The molecule has 0 aromatic carbocycles. The van der Waals surface area contributed by atoms with E-state index in [-0.39, 0.29) is 17.8 Å². The lowest BCUT2D eigenvalue weighted by Gasteiger charge is -2.32. The molecule has 0 aliphatic carbocycles. The Bertz CT molecular complexity index is 1250. The Labute approximate surface area is 168 Å². The van der Waals surface area contributed by atoms with Crippen molar-refractivity contribution in [2.45, 2.75) is 24.8 Å². The van der Waals surface area contributed by atoms with Crippen LogP contribution in [0.3, 0.4) is 0 Å². The molecule has 0 amide bonds. The number of hydrogen-bond donors (Lipinski definition) is 1. The average Bonchev–Trinajstić information content (AvgIpc) is 3.42. The van der Waals surface area contributed by atoms with Gasteiger partial charge in [-0.05, 0) is 18.2 Å². The summed E-state index contributed by atoms with van der Waals surface area (Å²) in [4.78, 5) is 8.48. The van der Waals surface area contributed by atoms with Gasteiger partial charge in [-0.15, -0.1) is 5.10 Å². The highest BCUT2D eigenvalue weighted by atomic mass is 19.4. The minimum atomic E-state index is -4.83. The first-order valence-corrected chi connectivity index (χ1v) is 8.88. The Balaban J connectivity index is 1.65. The van der Waals surface area contributed by atoms with E-state index in [1.165, 1.54) is 29.6 Å². The van der Waals surface area contributed by atoms with E-state index in [1.54, 1.807) is 0 Å². The normalized spacial score (nSPS) is 17.4. The van der Waals surface area contributed by atoms with Gasteiger partial charge in [-0.1, -0.05) is 5.10 Å². The highest BCUT2D eigenvalue weighted by Gasteiger charge is 2.42. The third-order valence-electron chi connectivity index (χ3n) is 4.93. The first-order chi connectivity index (χ1) is 14.6. The average molecular weight is 443 g/mol. The third kappa shape index (κ3) is 3.18. The van der Waals surface area contributed by atoms with Crippen molar-refractivity contribution in [3.8, 4) is 0 Å². The smallest absolute Gasteiger partial charge is 0.399 e. The van der Waals surface area contributed by atoms with Crippen molar-refractivity contribution in [1.29, 1.82) is 0 Å². The molecule has 1 aliphatic rings. The van der Waals surface area contributed by atoms with Crippen molar-refractivity contribution in [3.05, 3.63) is 59.3 Å². The second kappa shape index (κ2) is 6.46. The Hall–Kier alpha value is -3.58. The lowest BCUT2D eigenvalue weighted by molar-refractivity contribution is -0.157. The molecule has 0 saturated heterocycles. The fourth-order valence-electron chi connectivity index (χ4n) is 3.64. The maximum absolute atomic E-state index is 13.4. The van der Waals surface area contributed by atoms with E-state index >= 15 is 0 Å². The predicted octanol–water partition coefficient (Wildman–Crippen LogP) is 3.63. The molecule has 5 heterocycles. The monoisotopic (exact) mass is 443 g/mol. The van der Waals surface area contributed by atoms with Crippen LogP contribution in [0.5, 0.6) is 0 Å². The van der Waals surface area contributed by atoms with E-state index in [2.05, 4.69) is 25.3 Å². The number of imidazole rings is 1. The van der Waals surface area contributed by atoms with Crippen molar-refractivity contribution in [1.82, 2.24) is 29.8 Å². The van der Waals surface area contributed by atoms with E-state index in [1.807, 2.05) is 0 Å². The van der Waals surface area contributed by atoms with Gasteiger partial charge in [0.15, 0.2) is 0 Å². The van der Waals surface area contributed by atoms with Gasteiger partial charge in [-0.25, -0.2) is 9.50 Å². The van der Waals surface area contributed by atoms with Gasteiger partial charge in [0.25, 0.3) is 0 Å². The summed E-state index contributed by atoms with van der Waals surface area (Å²) in [5, 5.41) is 10.8. The Morgan fingerprint density at radius 3 is 2.61 bits per heavy atom. The van der Waals surface area contributed by atoms with Crippen LogP contribution in [0.25, 0.3) is 5.52 Å². The SMILES string of the molecule is FC(F)(F)c1nnc(N2CCc3[nH]cnc3[C@H]2c2cc3c(C(F)(F)F)cccn3n2)o1. The van der Waals surface area contributed by atoms with Gasteiger partial charge in [0.05, 0.1) is 28.8 Å². The molecule has 4 aromatic heterocycles. The fourth-order valence-corrected chi connectivity index (χ4v) is 3.64. The van der Waals surface area contributed by atoms with Gasteiger partial charge in [0.1, 0.15) is 6.04 Å². The van der Waals surface area contributed by atoms with E-state index in [9.17, 15) is 26.3 Å². The number of nitrogens with one attached hydrogen (secondary N) is 1. The van der Waals surface area contributed by atoms with Gasteiger partial charge in [0.2, 0.25) is 0 Å². The molecular weight excluding hydrogens is 432 g/mol. The molecule has 162 valence electrons. The molecule has 1 aliphatic heterocycles. The van der Waals surface area contributed by atoms with Gasteiger partial charge in [0, 0.05) is 24.9 Å². The molecule has 0 spiro atoms. The Morgan fingerprint density at radius 1 is 1.10 bits per heavy atom. The minimum absolute atomic E-state index is 0.136. The summed E-state index contributed by atoms with van der Waals surface area (Å²) in [6.07, 6.45) is -6.33. The van der Waals surface area contributed by atoms with E-state index in [0.29, 0.717) is 17.8 Å². The fraction of sp³-hybridized carbons (Fsp3) is 0.294. The zero-order chi connectivity index (χ0) is 22.0. The number of anilines is 1. The number of halogens is 6. The predicted molar refractivity (Wildman–Crippen MR) is 91.0 cm³/mol. The zero-order valence-corrected chi connectivity index (χ0v) is 15.2. The topological polar surface area (TPSA) is 88.1 Å². The van der Waals surface area contributed by atoms with Crippen LogP contribution in [-0.4, -0.2) is 36.3 Å². The molecule has 5 rings (SSSR count). The summed E-state index contributed by atoms with van der Waals surface area (Å²) in [7, 11) is 0. The minimum Gasteiger partial charge on any atom is -0.399 e. The van der Waals surface area contributed by atoms with Crippen LogP contribution >= 0.6 is 0 Å². The van der Waals surface area contributed by atoms with Gasteiger partial charge in [-0.2, -0.15) is 31.4 Å². The van der Waals surface area contributed by atoms with Crippen LogP contribution < -0.4 is 4.90 Å². The summed E-state index contributed by atoms with van der Waals surface area (Å²) in [6.45, 7) is 0.152. The molecule has 8 nitrogen and oxygen atoms in total. The van der Waals surface area contributed by atoms with E-state index in [0.717, 1.165) is 10.6 Å². The van der Waals surface area contributed by atoms with Crippen molar-refractivity contribution in [2.24, 2.45) is 0 Å². The number of H-pyrrole nitrogens is 1. The maximum atomic E-state index is 13.4. The van der Waals surface area contributed by atoms with E-state index < -0.39 is 35.9 Å². The number of fused-ring (bicyclic) bond motifs is 2. The first kappa shape index (κ1) is 19.4. The summed E-state index contributed by atoms with van der Waals surface area (Å²) in [6, 6.07) is 1.99. The lowest BCUT2D eigenvalue weighted by Crippen LogP contribution is -2.37. The van der Waals surface area contributed by atoms with Gasteiger partial charge < -0.3 is 14.3 Å². The van der Waals surface area contributed by atoms with Crippen LogP contribution in [0.1, 0.15) is 34.6 Å². The quantitative estimate of drug-likeness (QED) is 0.476. The molecule has 0 fully saturated rings. The first-order valence-electron chi connectivity index (χ1n) is 8.88. The van der Waals surface area contributed by atoms with Crippen LogP contribution in [0, 0.1) is 0 Å². The summed E-state index contributed by atoms with van der Waals surface area (Å²) in [5.41, 5.74) is 0.126. The number of pyridine rings is 1. The molecule has 0 radical (unpaired) electrons. The molecular formula is C17H11F6N7O. The lowest BCUT2D eigenvalue weighted by atomic mass is 10.00. The highest BCUT2D eigenvalue weighted by Crippen LogP contribution is 2.39. The number of rotatable bonds is 2. The number of aromatic nitrogens is 6. The number of alkyl halides is 6. The number of nitrogens with zero attached hydrogens (tertiary/aromatic N) is 6. The number of hydrogen-bond acceptors (Lipinski definition) is 6. The zero-order valence-electron chi connectivity index (χ0n) is 15.2. The van der Waals surface area contributed by atoms with Crippen molar-refractivity contribution in [3.63, 3.8) is 0 Å². The van der Waals surface area contributed by atoms with E-state index in [4.69, 9.17) is 4.42 Å². The number of aromatic amines is 1. The van der Waals surface area contributed by atoms with Gasteiger partial charge >= 0.3 is 24.3 Å². The van der Waals surface area contributed by atoms with Crippen molar-refractivity contribution in [2.75, 3.05) is 11.4 Å². The standard InChI is InChI=1S/C17H11F6N7O/c18-16(19,20)8-2-1-4-30-11(8)6-10(28-30)13-12-9(24-7-25-12)3-5-29(13)15-27-26-14(31-15)17(21,22)23/h1-2,4,6-7,13H,3,5H2,(H,24,25)/t13-/m1/s1. The molecule has 31 heavy (non-hydrogen) atoms.